The van der Waals surface area contributed by atoms with Crippen LogP contribution in [0.25, 0.3) is 0 Å². The number of aliphatic hydroxyl groups excluding tert-OH is 2. The molecule has 0 saturated heterocycles. The summed E-state index contributed by atoms with van der Waals surface area (Å²) >= 11 is 0. The quantitative estimate of drug-likeness (QED) is 0.753. The average molecular weight is 423 g/mol. The Labute approximate surface area is 177 Å². The number of rotatable bonds is 5. The lowest BCUT2D eigenvalue weighted by Gasteiger charge is -2.43. The van der Waals surface area contributed by atoms with Crippen molar-refractivity contribution in [3.05, 3.63) is 27.8 Å². The monoisotopic (exact) mass is 422 g/mol. The Morgan fingerprint density at radius 1 is 1.13 bits per heavy atom. The first-order chi connectivity index (χ1) is 14.5. The van der Waals surface area contributed by atoms with E-state index >= 15 is 0 Å². The number of fused-ring (bicyclic) bond motifs is 2. The summed E-state index contributed by atoms with van der Waals surface area (Å²) in [4.78, 5) is 12.8. The van der Waals surface area contributed by atoms with Gasteiger partial charge in [-0.25, -0.2) is 4.79 Å². The molecule has 0 radical (unpaired) electrons. The molecule has 168 valence electrons. The first kappa shape index (κ1) is 21.8. The van der Waals surface area contributed by atoms with E-state index in [4.69, 9.17) is 18.6 Å². The summed E-state index contributed by atoms with van der Waals surface area (Å²) in [6.45, 7) is 2.20. The Bertz CT molecular complexity index is 790. The highest BCUT2D eigenvalue weighted by Crippen LogP contribution is 2.47. The molecule has 2 N–H and O–H groups in total. The second kappa shape index (κ2) is 8.99. The van der Waals surface area contributed by atoms with Crippen LogP contribution < -0.4 is 10.4 Å². The highest BCUT2D eigenvalue weighted by Gasteiger charge is 2.44. The van der Waals surface area contributed by atoms with E-state index in [0.29, 0.717) is 23.8 Å². The number of ether oxygens (including phenoxy) is 3. The minimum atomic E-state index is -0.870. The molecule has 2 heterocycles. The normalized spacial score (nSPS) is 37.0. The fourth-order valence-electron chi connectivity index (χ4n) is 5.66. The molecule has 4 rings (SSSR count). The van der Waals surface area contributed by atoms with E-state index in [2.05, 4.69) is 0 Å². The number of hydrogen-bond donors (Lipinski definition) is 2. The van der Waals surface area contributed by atoms with Gasteiger partial charge in [0, 0.05) is 38.7 Å². The Morgan fingerprint density at radius 3 is 2.60 bits per heavy atom. The van der Waals surface area contributed by atoms with Crippen molar-refractivity contribution in [1.82, 2.24) is 0 Å². The van der Waals surface area contributed by atoms with Gasteiger partial charge in [-0.05, 0) is 50.4 Å². The molecule has 7 nitrogen and oxygen atoms in total. The molecule has 30 heavy (non-hydrogen) atoms. The second-order valence-corrected chi connectivity index (χ2v) is 9.27. The van der Waals surface area contributed by atoms with Crippen molar-refractivity contribution in [2.75, 3.05) is 20.8 Å². The van der Waals surface area contributed by atoms with Crippen LogP contribution in [0.4, 0.5) is 0 Å². The van der Waals surface area contributed by atoms with Gasteiger partial charge in [-0.3, -0.25) is 0 Å². The average Bonchev–Trinajstić information content (AvgIpc) is 2.77. The zero-order valence-corrected chi connectivity index (χ0v) is 18.1. The van der Waals surface area contributed by atoms with E-state index in [-0.39, 0.29) is 48.2 Å². The van der Waals surface area contributed by atoms with Crippen LogP contribution in [0, 0.1) is 17.8 Å². The summed E-state index contributed by atoms with van der Waals surface area (Å²) in [6.07, 6.45) is 3.83. The van der Waals surface area contributed by atoms with Gasteiger partial charge in [0.1, 0.15) is 23.2 Å². The molecule has 2 saturated carbocycles. The van der Waals surface area contributed by atoms with E-state index < -0.39 is 11.7 Å². The van der Waals surface area contributed by atoms with Crippen molar-refractivity contribution in [3.63, 3.8) is 0 Å². The van der Waals surface area contributed by atoms with Crippen molar-refractivity contribution in [1.29, 1.82) is 0 Å². The summed E-state index contributed by atoms with van der Waals surface area (Å²) < 4.78 is 23.1. The Kier molecular flexibility index (Phi) is 6.53. The van der Waals surface area contributed by atoms with Crippen LogP contribution in [0.1, 0.15) is 68.8 Å². The lowest BCUT2D eigenvalue weighted by atomic mass is 9.71. The van der Waals surface area contributed by atoms with Gasteiger partial charge in [0.05, 0.1) is 18.3 Å². The zero-order chi connectivity index (χ0) is 21.4. The molecule has 0 amide bonds. The highest BCUT2D eigenvalue weighted by molar-refractivity contribution is 5.37. The topological polar surface area (TPSA) is 98.4 Å². The minimum absolute atomic E-state index is 0.0436. The highest BCUT2D eigenvalue weighted by atomic mass is 16.5. The third-order valence-electron chi connectivity index (χ3n) is 7.66. The predicted octanol–water partition coefficient (Wildman–Crippen LogP) is 2.78. The van der Waals surface area contributed by atoms with Crippen LogP contribution in [0.3, 0.4) is 0 Å². The standard InChI is InChI=1S/C23H34O7/c1-12(11-24)13-4-6-15-18(8-13)29-20-10-17(30-23(26)21(20)22(15)25)14-5-7-16(27-2)19(9-14)28-3/h10,12-16,18-19,22,24-25H,4-9,11H2,1-3H3/t12?,13-,14?,15?,16?,18?,19?,22?/m0/s1. The fourth-order valence-corrected chi connectivity index (χ4v) is 5.66. The molecule has 0 spiro atoms. The molecule has 7 heteroatoms. The van der Waals surface area contributed by atoms with E-state index in [1.54, 1.807) is 20.3 Å². The molecular formula is C23H34O7. The van der Waals surface area contributed by atoms with Gasteiger partial charge in [-0.1, -0.05) is 6.92 Å². The molecule has 8 atom stereocenters. The first-order valence-electron chi connectivity index (χ1n) is 11.2. The smallest absolute Gasteiger partial charge is 0.345 e. The third kappa shape index (κ3) is 3.93. The lowest BCUT2D eigenvalue weighted by Crippen LogP contribution is -2.44. The molecular weight excluding hydrogens is 388 g/mol. The van der Waals surface area contributed by atoms with E-state index in [9.17, 15) is 15.0 Å². The van der Waals surface area contributed by atoms with Crippen LogP contribution in [0.2, 0.25) is 0 Å². The molecule has 1 aromatic rings. The van der Waals surface area contributed by atoms with Crippen molar-refractivity contribution < 1.29 is 28.8 Å². The molecule has 1 aromatic heterocycles. The lowest BCUT2D eigenvalue weighted by molar-refractivity contribution is -0.0646. The van der Waals surface area contributed by atoms with E-state index in [1.165, 1.54) is 0 Å². The van der Waals surface area contributed by atoms with Gasteiger partial charge in [0.15, 0.2) is 0 Å². The summed E-state index contributed by atoms with van der Waals surface area (Å²) in [5.74, 6) is 1.55. The zero-order valence-electron chi connectivity index (χ0n) is 18.1. The van der Waals surface area contributed by atoms with Crippen molar-refractivity contribution in [2.24, 2.45) is 17.8 Å². The Morgan fingerprint density at radius 2 is 1.90 bits per heavy atom. The Hall–Kier alpha value is -1.41. The third-order valence-corrected chi connectivity index (χ3v) is 7.66. The molecule has 0 bridgehead atoms. The van der Waals surface area contributed by atoms with E-state index in [0.717, 1.165) is 32.1 Å². The molecule has 7 unspecified atom stereocenters. The van der Waals surface area contributed by atoms with Crippen LogP contribution in [-0.2, 0) is 9.47 Å². The largest absolute Gasteiger partial charge is 0.489 e. The maximum absolute atomic E-state index is 12.8. The molecule has 3 aliphatic rings. The number of aliphatic hydroxyl groups is 2. The van der Waals surface area contributed by atoms with Crippen LogP contribution in [0.5, 0.6) is 5.75 Å². The van der Waals surface area contributed by atoms with Crippen LogP contribution >= 0.6 is 0 Å². The fraction of sp³-hybridized carbons (Fsp3) is 0.783. The van der Waals surface area contributed by atoms with Gasteiger partial charge in [-0.15, -0.1) is 0 Å². The van der Waals surface area contributed by atoms with Crippen molar-refractivity contribution in [2.45, 2.75) is 75.8 Å². The molecule has 1 aliphatic heterocycles. The summed E-state index contributed by atoms with van der Waals surface area (Å²) in [6, 6.07) is 1.81. The van der Waals surface area contributed by atoms with Crippen LogP contribution in [-0.4, -0.2) is 49.4 Å². The van der Waals surface area contributed by atoms with Gasteiger partial charge in [0.25, 0.3) is 0 Å². The summed E-state index contributed by atoms with van der Waals surface area (Å²) in [5.41, 5.74) is -0.246. The van der Waals surface area contributed by atoms with Crippen molar-refractivity contribution in [3.8, 4) is 5.75 Å². The number of hydrogen-bond acceptors (Lipinski definition) is 7. The second-order valence-electron chi connectivity index (χ2n) is 9.27. The summed E-state index contributed by atoms with van der Waals surface area (Å²) in [7, 11) is 3.37. The van der Waals surface area contributed by atoms with Gasteiger partial charge < -0.3 is 28.8 Å². The SMILES string of the molecule is COC1CCC(c2cc3c(c(=O)o2)C(O)C2CC[C@H](C(C)CO)CC2O3)CC1OC. The van der Waals surface area contributed by atoms with Gasteiger partial charge in [-0.2, -0.15) is 0 Å². The maximum Gasteiger partial charge on any atom is 0.345 e. The maximum atomic E-state index is 12.8. The van der Waals surface area contributed by atoms with Crippen LogP contribution in [0.15, 0.2) is 15.3 Å². The first-order valence-corrected chi connectivity index (χ1v) is 11.2. The molecule has 0 aromatic carbocycles. The minimum Gasteiger partial charge on any atom is -0.489 e. The van der Waals surface area contributed by atoms with Crippen molar-refractivity contribution >= 4 is 0 Å². The molecule has 2 fully saturated rings. The van der Waals surface area contributed by atoms with Gasteiger partial charge >= 0.3 is 5.63 Å². The molecule has 2 aliphatic carbocycles. The van der Waals surface area contributed by atoms with E-state index in [1.807, 2.05) is 6.92 Å². The summed E-state index contributed by atoms with van der Waals surface area (Å²) in [5, 5.41) is 20.5. The predicted molar refractivity (Wildman–Crippen MR) is 110 cm³/mol. The number of methoxy groups -OCH3 is 2. The van der Waals surface area contributed by atoms with Gasteiger partial charge in [0.2, 0.25) is 0 Å². The Balaban J connectivity index is 1.58.